The van der Waals surface area contributed by atoms with Gasteiger partial charge in [0.1, 0.15) is 4.90 Å². The van der Waals surface area contributed by atoms with Crippen molar-refractivity contribution in [3.8, 4) is 5.69 Å². The Bertz CT molecular complexity index is 987. The summed E-state index contributed by atoms with van der Waals surface area (Å²) >= 11 is 0. The number of rotatable bonds is 7. The van der Waals surface area contributed by atoms with Crippen LogP contribution in [0, 0.1) is 0 Å². The fraction of sp³-hybridized carbons (Fsp3) is 0.250. The van der Waals surface area contributed by atoms with Gasteiger partial charge in [-0.2, -0.15) is 5.10 Å². The van der Waals surface area contributed by atoms with Crippen LogP contribution in [0.4, 0.5) is 0 Å². The molecule has 0 aliphatic heterocycles. The Morgan fingerprint density at radius 2 is 1.64 bits per heavy atom. The molecule has 150 valence electrons. The van der Waals surface area contributed by atoms with Crippen LogP contribution in [0.25, 0.3) is 5.69 Å². The van der Waals surface area contributed by atoms with Crippen molar-refractivity contribution in [3.05, 3.63) is 78.1 Å². The van der Waals surface area contributed by atoms with Crippen LogP contribution in [0.1, 0.15) is 36.9 Å². The van der Waals surface area contributed by atoms with Crippen LogP contribution in [0.15, 0.2) is 71.9 Å². The third-order valence-electron chi connectivity index (χ3n) is 4.41. The highest BCUT2D eigenvalue weighted by Crippen LogP contribution is 2.18. The van der Waals surface area contributed by atoms with Crippen LogP contribution >= 0.6 is 12.4 Å². The molecular formula is C20H25ClN4O2S. The zero-order valence-electron chi connectivity index (χ0n) is 15.8. The normalized spacial score (nSPS) is 12.6. The average Bonchev–Trinajstić information content (AvgIpc) is 3.18. The van der Waals surface area contributed by atoms with Gasteiger partial charge in [-0.05, 0) is 29.2 Å². The van der Waals surface area contributed by atoms with E-state index < -0.39 is 16.1 Å². The number of halogens is 1. The molecule has 0 saturated heterocycles. The molecule has 8 heteroatoms. The quantitative estimate of drug-likeness (QED) is 0.613. The highest BCUT2D eigenvalue weighted by atomic mass is 35.5. The van der Waals surface area contributed by atoms with Gasteiger partial charge in [-0.3, -0.25) is 0 Å². The molecule has 0 aliphatic rings. The molecule has 2 aromatic carbocycles. The molecule has 0 radical (unpaired) electrons. The molecule has 1 aromatic heterocycles. The van der Waals surface area contributed by atoms with Crippen LogP contribution in [0.2, 0.25) is 0 Å². The van der Waals surface area contributed by atoms with Gasteiger partial charge in [0.2, 0.25) is 10.0 Å². The molecular weight excluding hydrogens is 396 g/mol. The van der Waals surface area contributed by atoms with E-state index >= 15 is 0 Å². The van der Waals surface area contributed by atoms with Gasteiger partial charge in [0.25, 0.3) is 0 Å². The van der Waals surface area contributed by atoms with Crippen molar-refractivity contribution >= 4 is 22.4 Å². The van der Waals surface area contributed by atoms with Gasteiger partial charge in [0, 0.05) is 12.6 Å². The molecule has 0 spiro atoms. The van der Waals surface area contributed by atoms with Gasteiger partial charge in [0.15, 0.2) is 0 Å². The Morgan fingerprint density at radius 1 is 1.04 bits per heavy atom. The summed E-state index contributed by atoms with van der Waals surface area (Å²) in [5.41, 5.74) is 9.06. The average molecular weight is 421 g/mol. The van der Waals surface area contributed by atoms with Crippen molar-refractivity contribution in [1.29, 1.82) is 0 Å². The van der Waals surface area contributed by atoms with Gasteiger partial charge in [0.05, 0.1) is 18.1 Å². The van der Waals surface area contributed by atoms with Gasteiger partial charge in [-0.1, -0.05) is 56.3 Å². The number of hydrogen-bond donors (Lipinski definition) is 2. The summed E-state index contributed by atoms with van der Waals surface area (Å²) in [5.74, 6) is 0.440. The number of aromatic nitrogens is 2. The van der Waals surface area contributed by atoms with Crippen LogP contribution in [-0.4, -0.2) is 24.7 Å². The Morgan fingerprint density at radius 3 is 2.25 bits per heavy atom. The predicted molar refractivity (Wildman–Crippen MR) is 113 cm³/mol. The first-order valence-electron chi connectivity index (χ1n) is 8.82. The Hall–Kier alpha value is -2.19. The molecule has 6 nitrogen and oxygen atoms in total. The van der Waals surface area contributed by atoms with E-state index in [4.69, 9.17) is 5.73 Å². The number of nitrogens with two attached hydrogens (primary N) is 1. The molecule has 28 heavy (non-hydrogen) atoms. The van der Waals surface area contributed by atoms with Crippen molar-refractivity contribution in [2.45, 2.75) is 30.7 Å². The van der Waals surface area contributed by atoms with Crippen molar-refractivity contribution in [2.24, 2.45) is 5.73 Å². The van der Waals surface area contributed by atoms with E-state index in [-0.39, 0.29) is 23.8 Å². The fourth-order valence-corrected chi connectivity index (χ4v) is 3.69. The topological polar surface area (TPSA) is 90.0 Å². The molecule has 1 heterocycles. The molecule has 1 unspecified atom stereocenters. The first kappa shape index (κ1) is 22.1. The minimum absolute atomic E-state index is 0. The molecule has 0 bridgehead atoms. The molecule has 1 atom stereocenters. The van der Waals surface area contributed by atoms with E-state index in [0.717, 1.165) is 11.3 Å². The van der Waals surface area contributed by atoms with Gasteiger partial charge < -0.3 is 5.73 Å². The summed E-state index contributed by atoms with van der Waals surface area (Å²) in [7, 11) is -3.69. The van der Waals surface area contributed by atoms with E-state index in [1.54, 1.807) is 0 Å². The molecule has 0 amide bonds. The molecule has 3 N–H and O–H groups in total. The SMILES string of the molecule is CC(C)c1ccc(C(N)CNS(=O)(=O)c2cnn(-c3ccccc3)c2)cc1.Cl. The first-order chi connectivity index (χ1) is 12.9. The summed E-state index contributed by atoms with van der Waals surface area (Å²) in [6.45, 7) is 4.36. The number of hydrogen-bond acceptors (Lipinski definition) is 4. The first-order valence-corrected chi connectivity index (χ1v) is 10.3. The fourth-order valence-electron chi connectivity index (χ4n) is 2.70. The lowest BCUT2D eigenvalue weighted by Crippen LogP contribution is -2.31. The van der Waals surface area contributed by atoms with E-state index in [0.29, 0.717) is 5.92 Å². The van der Waals surface area contributed by atoms with Gasteiger partial charge in [-0.25, -0.2) is 17.8 Å². The van der Waals surface area contributed by atoms with E-state index in [1.807, 2.05) is 54.6 Å². The highest BCUT2D eigenvalue weighted by molar-refractivity contribution is 7.89. The number of benzene rings is 2. The maximum Gasteiger partial charge on any atom is 0.243 e. The molecule has 0 fully saturated rings. The van der Waals surface area contributed by atoms with E-state index in [2.05, 4.69) is 23.7 Å². The number of nitrogens with zero attached hydrogens (tertiary/aromatic N) is 2. The minimum atomic E-state index is -3.69. The summed E-state index contributed by atoms with van der Waals surface area (Å²) < 4.78 is 29.2. The smallest absolute Gasteiger partial charge is 0.243 e. The lowest BCUT2D eigenvalue weighted by molar-refractivity contribution is 0.572. The standard InChI is InChI=1S/C20H24N4O2S.ClH/c1-15(2)16-8-10-17(11-9-16)20(21)13-23-27(25,26)19-12-22-24(14-19)18-6-4-3-5-7-18;/h3-12,14-15,20,23H,13,21H2,1-2H3;1H. The van der Waals surface area contributed by atoms with E-state index in [9.17, 15) is 8.42 Å². The Balaban J connectivity index is 0.00000280. The lowest BCUT2D eigenvalue weighted by Gasteiger charge is -2.14. The zero-order chi connectivity index (χ0) is 19.4. The molecule has 0 aliphatic carbocycles. The van der Waals surface area contributed by atoms with Crippen LogP contribution in [0.5, 0.6) is 0 Å². The van der Waals surface area contributed by atoms with Gasteiger partial charge in [-0.15, -0.1) is 12.4 Å². The number of para-hydroxylation sites is 1. The Kier molecular flexibility index (Phi) is 7.37. The van der Waals surface area contributed by atoms with Crippen molar-refractivity contribution in [2.75, 3.05) is 6.54 Å². The maximum atomic E-state index is 12.5. The third-order valence-corrected chi connectivity index (χ3v) is 5.79. The minimum Gasteiger partial charge on any atom is -0.323 e. The van der Waals surface area contributed by atoms with Crippen LogP contribution in [-0.2, 0) is 10.0 Å². The summed E-state index contributed by atoms with van der Waals surface area (Å²) in [4.78, 5) is 0.105. The highest BCUT2D eigenvalue weighted by Gasteiger charge is 2.18. The second kappa shape index (κ2) is 9.34. The third kappa shape index (κ3) is 5.20. The molecule has 3 rings (SSSR count). The summed E-state index contributed by atoms with van der Waals surface area (Å²) in [6, 6.07) is 16.9. The largest absolute Gasteiger partial charge is 0.323 e. The molecule has 3 aromatic rings. The lowest BCUT2D eigenvalue weighted by atomic mass is 9.99. The summed E-state index contributed by atoms with van der Waals surface area (Å²) in [5, 5.41) is 4.13. The predicted octanol–water partition coefficient (Wildman–Crippen LogP) is 3.40. The van der Waals surface area contributed by atoms with E-state index in [1.165, 1.54) is 22.6 Å². The number of sulfonamides is 1. The summed E-state index contributed by atoms with van der Waals surface area (Å²) in [6.07, 6.45) is 2.82. The van der Waals surface area contributed by atoms with Crippen molar-refractivity contribution < 1.29 is 8.42 Å². The molecule has 0 saturated carbocycles. The monoisotopic (exact) mass is 420 g/mol. The van der Waals surface area contributed by atoms with Crippen molar-refractivity contribution in [3.63, 3.8) is 0 Å². The van der Waals surface area contributed by atoms with Crippen molar-refractivity contribution in [1.82, 2.24) is 14.5 Å². The number of nitrogens with one attached hydrogen (secondary N) is 1. The Labute approximate surface area is 172 Å². The van der Waals surface area contributed by atoms with Crippen LogP contribution in [0.3, 0.4) is 0 Å². The second-order valence-corrected chi connectivity index (χ2v) is 8.50. The maximum absolute atomic E-state index is 12.5. The van der Waals surface area contributed by atoms with Crippen LogP contribution < -0.4 is 10.5 Å². The van der Waals surface area contributed by atoms with Gasteiger partial charge >= 0.3 is 0 Å². The zero-order valence-corrected chi connectivity index (χ0v) is 17.5. The second-order valence-electron chi connectivity index (χ2n) is 6.74.